The Hall–Kier alpha value is -2.79. The Labute approximate surface area is 210 Å². The molecule has 0 spiro atoms. The molecule has 11 heteroatoms. The number of nitrogens with zero attached hydrogens (tertiary/aromatic N) is 1. The Balaban J connectivity index is 1.59. The maximum absolute atomic E-state index is 13.5. The lowest BCUT2D eigenvalue weighted by molar-refractivity contribution is -0.137. The minimum atomic E-state index is -4.45. The van der Waals surface area contributed by atoms with Crippen molar-refractivity contribution in [2.75, 3.05) is 7.05 Å². The summed E-state index contributed by atoms with van der Waals surface area (Å²) >= 11 is 5.80. The largest absolute Gasteiger partial charge is 0.416 e. The predicted octanol–water partition coefficient (Wildman–Crippen LogP) is 5.56. The number of alkyl halides is 3. The number of Topliss-reactive ketones (excluding diaryl/α,β-unsaturated/α-hetero) is 1. The normalized spacial score (nSPS) is 20.3. The SMILES string of the molecule is CN1C(C(=O)Cc2ccc(F)c(Cl)c2)CC(c2cccc(-c3ccc(C(F)(F)F)cc3)c2)NS1(=O)=O. The average Bonchev–Trinajstić information content (AvgIpc) is 2.82. The summed E-state index contributed by atoms with van der Waals surface area (Å²) in [6, 6.07) is 13.6. The molecule has 2 atom stereocenters. The maximum atomic E-state index is 13.5. The van der Waals surface area contributed by atoms with Crippen LogP contribution < -0.4 is 4.72 Å². The van der Waals surface area contributed by atoms with Crippen molar-refractivity contribution in [3.05, 3.63) is 94.3 Å². The highest BCUT2D eigenvalue weighted by Crippen LogP contribution is 2.33. The second kappa shape index (κ2) is 9.93. The molecular formula is C25H21ClF4N2O3S. The van der Waals surface area contributed by atoms with Crippen molar-refractivity contribution in [3.63, 3.8) is 0 Å². The van der Waals surface area contributed by atoms with Gasteiger partial charge in [0.25, 0.3) is 10.2 Å². The predicted molar refractivity (Wildman–Crippen MR) is 128 cm³/mol. The lowest BCUT2D eigenvalue weighted by atomic mass is 9.93. The van der Waals surface area contributed by atoms with Crippen LogP contribution in [0.3, 0.4) is 0 Å². The fourth-order valence-electron chi connectivity index (χ4n) is 4.14. The number of nitrogens with one attached hydrogen (secondary N) is 1. The quantitative estimate of drug-likeness (QED) is 0.431. The van der Waals surface area contributed by atoms with Crippen molar-refractivity contribution >= 4 is 27.6 Å². The molecule has 1 N–H and O–H groups in total. The number of carbonyl (C=O) groups is 1. The molecule has 5 nitrogen and oxygen atoms in total. The average molecular weight is 541 g/mol. The zero-order chi connectivity index (χ0) is 26.3. The van der Waals surface area contributed by atoms with Crippen LogP contribution >= 0.6 is 11.6 Å². The molecular weight excluding hydrogens is 520 g/mol. The topological polar surface area (TPSA) is 66.5 Å². The van der Waals surface area contributed by atoms with Gasteiger partial charge in [0.05, 0.1) is 16.6 Å². The molecule has 1 aliphatic rings. The zero-order valence-electron chi connectivity index (χ0n) is 18.9. The molecule has 2 unspecified atom stereocenters. The monoisotopic (exact) mass is 540 g/mol. The number of ketones is 1. The lowest BCUT2D eigenvalue weighted by Gasteiger charge is -2.36. The van der Waals surface area contributed by atoms with Crippen LogP contribution in [0.15, 0.2) is 66.7 Å². The molecule has 3 aromatic rings. The highest BCUT2D eigenvalue weighted by atomic mass is 35.5. The Morgan fingerprint density at radius 3 is 2.39 bits per heavy atom. The molecule has 0 aliphatic carbocycles. The minimum absolute atomic E-state index is 0.125. The number of hydrogen-bond acceptors (Lipinski definition) is 3. The van der Waals surface area contributed by atoms with Crippen LogP contribution in [0.5, 0.6) is 0 Å². The van der Waals surface area contributed by atoms with Crippen molar-refractivity contribution in [3.8, 4) is 11.1 Å². The maximum Gasteiger partial charge on any atom is 0.416 e. The first-order chi connectivity index (χ1) is 16.8. The Bertz CT molecular complexity index is 1400. The van der Waals surface area contributed by atoms with E-state index >= 15 is 0 Å². The molecule has 1 aliphatic heterocycles. The summed E-state index contributed by atoms with van der Waals surface area (Å²) in [6.07, 6.45) is -4.46. The van der Waals surface area contributed by atoms with E-state index in [0.717, 1.165) is 22.5 Å². The van der Waals surface area contributed by atoms with E-state index in [1.807, 2.05) is 0 Å². The van der Waals surface area contributed by atoms with Gasteiger partial charge in [-0.05, 0) is 59.0 Å². The van der Waals surface area contributed by atoms with Gasteiger partial charge in [0, 0.05) is 19.5 Å². The van der Waals surface area contributed by atoms with Gasteiger partial charge in [-0.25, -0.2) is 4.39 Å². The van der Waals surface area contributed by atoms with Gasteiger partial charge >= 0.3 is 6.18 Å². The Morgan fingerprint density at radius 2 is 1.75 bits per heavy atom. The molecule has 1 fully saturated rings. The van der Waals surface area contributed by atoms with Crippen LogP contribution in [0.4, 0.5) is 17.6 Å². The molecule has 0 aromatic heterocycles. The molecule has 1 heterocycles. The number of rotatable bonds is 5. The summed E-state index contributed by atoms with van der Waals surface area (Å²) in [7, 11) is -2.71. The molecule has 0 radical (unpaired) electrons. The van der Waals surface area contributed by atoms with E-state index in [-0.39, 0.29) is 23.6 Å². The van der Waals surface area contributed by atoms with Gasteiger partial charge in [0.1, 0.15) is 5.82 Å². The Kier molecular flexibility index (Phi) is 7.25. The molecule has 3 aromatic carbocycles. The highest BCUT2D eigenvalue weighted by Gasteiger charge is 2.40. The summed E-state index contributed by atoms with van der Waals surface area (Å²) in [5.41, 5.74) is 1.38. The zero-order valence-corrected chi connectivity index (χ0v) is 20.5. The van der Waals surface area contributed by atoms with Gasteiger partial charge < -0.3 is 0 Å². The van der Waals surface area contributed by atoms with Gasteiger partial charge in [-0.1, -0.05) is 48.0 Å². The van der Waals surface area contributed by atoms with Gasteiger partial charge in [-0.2, -0.15) is 30.6 Å². The molecule has 0 saturated carbocycles. The summed E-state index contributed by atoms with van der Waals surface area (Å²) in [4.78, 5) is 13.1. The van der Waals surface area contributed by atoms with Crippen LogP contribution in [0, 0.1) is 5.82 Å². The molecule has 1 saturated heterocycles. The second-order valence-electron chi connectivity index (χ2n) is 8.54. The summed E-state index contributed by atoms with van der Waals surface area (Å²) < 4.78 is 81.3. The molecule has 4 rings (SSSR count). The lowest BCUT2D eigenvalue weighted by Crippen LogP contribution is -2.55. The smallest absolute Gasteiger partial charge is 0.298 e. The summed E-state index contributed by atoms with van der Waals surface area (Å²) in [5, 5.41) is -0.135. The van der Waals surface area contributed by atoms with Gasteiger partial charge in [-0.3, -0.25) is 4.79 Å². The Morgan fingerprint density at radius 1 is 1.06 bits per heavy atom. The first-order valence-electron chi connectivity index (χ1n) is 10.8. The molecule has 0 amide bonds. The second-order valence-corrected chi connectivity index (χ2v) is 10.7. The van der Waals surface area contributed by atoms with Crippen LogP contribution in [0.1, 0.15) is 29.2 Å². The van der Waals surface area contributed by atoms with Crippen LogP contribution in [0.25, 0.3) is 11.1 Å². The van der Waals surface area contributed by atoms with Crippen LogP contribution in [-0.2, 0) is 27.6 Å². The highest BCUT2D eigenvalue weighted by molar-refractivity contribution is 7.87. The van der Waals surface area contributed by atoms with Crippen molar-refractivity contribution in [2.24, 2.45) is 0 Å². The van der Waals surface area contributed by atoms with Gasteiger partial charge in [-0.15, -0.1) is 0 Å². The fourth-order valence-corrected chi connectivity index (χ4v) is 5.64. The number of hydrogen-bond donors (Lipinski definition) is 1. The van der Waals surface area contributed by atoms with E-state index in [1.165, 1.54) is 31.3 Å². The third-order valence-electron chi connectivity index (χ3n) is 6.14. The van der Waals surface area contributed by atoms with Crippen molar-refractivity contribution in [1.29, 1.82) is 0 Å². The summed E-state index contributed by atoms with van der Waals surface area (Å²) in [6.45, 7) is 0. The molecule has 190 valence electrons. The van der Waals surface area contributed by atoms with Crippen molar-refractivity contribution < 1.29 is 30.8 Å². The third kappa shape index (κ3) is 5.62. The first-order valence-corrected chi connectivity index (χ1v) is 12.7. The van der Waals surface area contributed by atoms with Crippen molar-refractivity contribution in [2.45, 2.75) is 31.1 Å². The van der Waals surface area contributed by atoms with E-state index in [9.17, 15) is 30.8 Å². The van der Waals surface area contributed by atoms with Crippen molar-refractivity contribution in [1.82, 2.24) is 9.03 Å². The van der Waals surface area contributed by atoms with Gasteiger partial charge in [0.2, 0.25) is 0 Å². The molecule has 0 bridgehead atoms. The number of halogens is 5. The van der Waals surface area contributed by atoms with E-state index in [1.54, 1.807) is 24.3 Å². The van der Waals surface area contributed by atoms with Crippen LogP contribution in [0.2, 0.25) is 5.02 Å². The number of carbonyl (C=O) groups excluding carboxylic acids is 1. The van der Waals surface area contributed by atoms with E-state index in [0.29, 0.717) is 22.3 Å². The first kappa shape index (κ1) is 26.3. The molecule has 36 heavy (non-hydrogen) atoms. The standard InChI is InChI=1S/C25H21ClF4N2O3S/c1-32-23(24(33)12-15-5-10-21(27)20(26)11-15)14-22(31-36(32,34)35)18-4-2-3-17(13-18)16-6-8-19(9-7-16)25(28,29)30/h2-11,13,22-23,31H,12,14H2,1H3. The minimum Gasteiger partial charge on any atom is -0.298 e. The fraction of sp³-hybridized carbons (Fsp3) is 0.240. The number of benzene rings is 3. The van der Waals surface area contributed by atoms with Crippen LogP contribution in [-0.4, -0.2) is 31.6 Å². The third-order valence-corrected chi connectivity index (χ3v) is 8.02. The number of likely N-dealkylation sites (N-methyl/N-ethyl adjacent to an activating group) is 1. The van der Waals surface area contributed by atoms with Gasteiger partial charge in [0.15, 0.2) is 5.78 Å². The summed E-state index contributed by atoms with van der Waals surface area (Å²) in [5.74, 6) is -1.00. The van der Waals surface area contributed by atoms with E-state index in [2.05, 4.69) is 4.72 Å². The van der Waals surface area contributed by atoms with E-state index in [4.69, 9.17) is 11.6 Å². The van der Waals surface area contributed by atoms with E-state index < -0.39 is 39.8 Å².